The molecule has 0 atom stereocenters. The van der Waals surface area contributed by atoms with Crippen molar-refractivity contribution in [1.29, 1.82) is 0 Å². The molecule has 1 heterocycles. The number of hydrogen-bond acceptors (Lipinski definition) is 4. The summed E-state index contributed by atoms with van der Waals surface area (Å²) >= 11 is 0. The van der Waals surface area contributed by atoms with E-state index in [0.29, 0.717) is 43.2 Å². The Kier molecular flexibility index (Phi) is 6.00. The molecule has 0 bridgehead atoms. The van der Waals surface area contributed by atoms with Gasteiger partial charge in [-0.1, -0.05) is 0 Å². The summed E-state index contributed by atoms with van der Waals surface area (Å²) in [5, 5.41) is 2.95. The summed E-state index contributed by atoms with van der Waals surface area (Å²) in [6, 6.07) is 3.43. The molecule has 1 N–H and O–H groups in total. The Labute approximate surface area is 155 Å². The standard InChI is InChI=1S/C19H29N3O4/c1-13-11-15(25-5)16(26-6)12-14(13)17(23)21-7-9-22(10-8-21)18(24)20-19(2,3)4/h11-12H,7-10H2,1-6H3,(H,20,24). The summed E-state index contributed by atoms with van der Waals surface area (Å²) in [6.07, 6.45) is 0. The van der Waals surface area contributed by atoms with Gasteiger partial charge in [0, 0.05) is 37.3 Å². The van der Waals surface area contributed by atoms with Gasteiger partial charge < -0.3 is 24.6 Å². The maximum atomic E-state index is 12.9. The van der Waals surface area contributed by atoms with Crippen molar-refractivity contribution in [2.45, 2.75) is 33.2 Å². The summed E-state index contributed by atoms with van der Waals surface area (Å²) in [4.78, 5) is 28.7. The van der Waals surface area contributed by atoms with Gasteiger partial charge in [-0.25, -0.2) is 4.79 Å². The molecule has 0 saturated carbocycles. The second kappa shape index (κ2) is 7.85. The van der Waals surface area contributed by atoms with Crippen molar-refractivity contribution in [1.82, 2.24) is 15.1 Å². The fourth-order valence-electron chi connectivity index (χ4n) is 2.89. The lowest BCUT2D eigenvalue weighted by Crippen LogP contribution is -2.56. The average Bonchev–Trinajstić information content (AvgIpc) is 2.59. The molecular weight excluding hydrogens is 334 g/mol. The minimum absolute atomic E-state index is 0.0562. The zero-order valence-electron chi connectivity index (χ0n) is 16.5. The lowest BCUT2D eigenvalue weighted by molar-refractivity contribution is 0.0660. The maximum absolute atomic E-state index is 12.9. The van der Waals surface area contributed by atoms with Crippen molar-refractivity contribution in [3.8, 4) is 11.5 Å². The molecule has 2 rings (SSSR count). The summed E-state index contributed by atoms with van der Waals surface area (Å²) in [6.45, 7) is 9.76. The van der Waals surface area contributed by atoms with Crippen LogP contribution in [-0.2, 0) is 0 Å². The molecule has 1 fully saturated rings. The number of hydrogen-bond donors (Lipinski definition) is 1. The molecule has 1 aromatic rings. The van der Waals surface area contributed by atoms with Gasteiger partial charge in [0.05, 0.1) is 14.2 Å². The van der Waals surface area contributed by atoms with Crippen molar-refractivity contribution in [2.75, 3.05) is 40.4 Å². The fourth-order valence-corrected chi connectivity index (χ4v) is 2.89. The second-order valence-electron chi connectivity index (χ2n) is 7.48. The van der Waals surface area contributed by atoms with E-state index in [1.54, 1.807) is 36.2 Å². The van der Waals surface area contributed by atoms with Crippen LogP contribution in [0, 0.1) is 6.92 Å². The van der Waals surface area contributed by atoms with Crippen LogP contribution in [0.4, 0.5) is 4.79 Å². The Hall–Kier alpha value is -2.44. The van der Waals surface area contributed by atoms with Gasteiger partial charge in [0.25, 0.3) is 5.91 Å². The number of nitrogens with one attached hydrogen (secondary N) is 1. The largest absolute Gasteiger partial charge is 0.493 e. The molecule has 0 radical (unpaired) electrons. The number of carbonyl (C=O) groups is 2. The highest BCUT2D eigenvalue weighted by molar-refractivity contribution is 5.96. The van der Waals surface area contributed by atoms with E-state index < -0.39 is 0 Å². The number of piperazine rings is 1. The summed E-state index contributed by atoms with van der Waals surface area (Å²) < 4.78 is 10.6. The molecule has 1 aliphatic heterocycles. The van der Waals surface area contributed by atoms with E-state index in [1.165, 1.54) is 0 Å². The first-order valence-corrected chi connectivity index (χ1v) is 8.75. The van der Waals surface area contributed by atoms with Crippen molar-refractivity contribution < 1.29 is 19.1 Å². The Morgan fingerprint density at radius 1 is 0.962 bits per heavy atom. The average molecular weight is 363 g/mol. The van der Waals surface area contributed by atoms with Crippen LogP contribution < -0.4 is 14.8 Å². The first kappa shape index (κ1) is 19.9. The van der Waals surface area contributed by atoms with Gasteiger partial charge in [-0.3, -0.25) is 4.79 Å². The third-order valence-electron chi connectivity index (χ3n) is 4.30. The summed E-state index contributed by atoms with van der Waals surface area (Å²) in [7, 11) is 3.12. The van der Waals surface area contributed by atoms with Gasteiger partial charge in [-0.15, -0.1) is 0 Å². The molecule has 0 aromatic heterocycles. The van der Waals surface area contributed by atoms with Crippen LogP contribution >= 0.6 is 0 Å². The minimum atomic E-state index is -0.277. The smallest absolute Gasteiger partial charge is 0.317 e. The van der Waals surface area contributed by atoms with Crippen LogP contribution in [0.25, 0.3) is 0 Å². The van der Waals surface area contributed by atoms with Crippen molar-refractivity contribution in [3.63, 3.8) is 0 Å². The highest BCUT2D eigenvalue weighted by Crippen LogP contribution is 2.31. The van der Waals surface area contributed by atoms with E-state index >= 15 is 0 Å². The molecular formula is C19H29N3O4. The van der Waals surface area contributed by atoms with Gasteiger partial charge in [0.1, 0.15) is 0 Å². The zero-order valence-corrected chi connectivity index (χ0v) is 16.5. The number of aryl methyl sites for hydroxylation is 1. The molecule has 7 heteroatoms. The van der Waals surface area contributed by atoms with E-state index in [4.69, 9.17) is 9.47 Å². The van der Waals surface area contributed by atoms with Gasteiger partial charge in [-0.2, -0.15) is 0 Å². The summed E-state index contributed by atoms with van der Waals surface area (Å²) in [5.41, 5.74) is 1.15. The van der Waals surface area contributed by atoms with Crippen LogP contribution in [-0.4, -0.2) is 67.7 Å². The highest BCUT2D eigenvalue weighted by Gasteiger charge is 2.27. The van der Waals surface area contributed by atoms with E-state index in [9.17, 15) is 9.59 Å². The molecule has 26 heavy (non-hydrogen) atoms. The Morgan fingerprint density at radius 3 is 1.96 bits per heavy atom. The summed E-state index contributed by atoms with van der Waals surface area (Å²) in [5.74, 6) is 1.08. The van der Waals surface area contributed by atoms with Crippen LogP contribution in [0.5, 0.6) is 11.5 Å². The Balaban J connectivity index is 2.06. The van der Waals surface area contributed by atoms with Crippen LogP contribution in [0.3, 0.4) is 0 Å². The number of methoxy groups -OCH3 is 2. The molecule has 7 nitrogen and oxygen atoms in total. The normalized spacial score (nSPS) is 14.8. The molecule has 144 valence electrons. The van der Waals surface area contributed by atoms with E-state index in [0.717, 1.165) is 5.56 Å². The number of carbonyl (C=O) groups excluding carboxylic acids is 2. The van der Waals surface area contributed by atoms with Crippen LogP contribution in [0.1, 0.15) is 36.7 Å². The third kappa shape index (κ3) is 4.59. The van der Waals surface area contributed by atoms with E-state index in [2.05, 4.69) is 5.32 Å². The second-order valence-corrected chi connectivity index (χ2v) is 7.48. The van der Waals surface area contributed by atoms with Crippen LogP contribution in [0.15, 0.2) is 12.1 Å². The number of urea groups is 1. The predicted octanol–water partition coefficient (Wildman–Crippen LogP) is 2.28. The SMILES string of the molecule is COc1cc(C)c(C(=O)N2CCN(C(=O)NC(C)(C)C)CC2)cc1OC. The topological polar surface area (TPSA) is 71.1 Å². The lowest BCUT2D eigenvalue weighted by atomic mass is 10.1. The van der Waals surface area contributed by atoms with Crippen molar-refractivity contribution in [3.05, 3.63) is 23.3 Å². The number of benzene rings is 1. The molecule has 1 saturated heterocycles. The fraction of sp³-hybridized carbons (Fsp3) is 0.579. The van der Waals surface area contributed by atoms with Gasteiger partial charge in [-0.05, 0) is 45.4 Å². The lowest BCUT2D eigenvalue weighted by Gasteiger charge is -2.36. The molecule has 0 spiro atoms. The van der Waals surface area contributed by atoms with Gasteiger partial charge >= 0.3 is 6.03 Å². The molecule has 0 aliphatic carbocycles. The molecule has 1 aromatic carbocycles. The van der Waals surface area contributed by atoms with Crippen molar-refractivity contribution in [2.24, 2.45) is 0 Å². The molecule has 3 amide bonds. The first-order valence-electron chi connectivity index (χ1n) is 8.75. The Morgan fingerprint density at radius 2 is 1.46 bits per heavy atom. The third-order valence-corrected chi connectivity index (χ3v) is 4.30. The minimum Gasteiger partial charge on any atom is -0.493 e. The van der Waals surface area contributed by atoms with E-state index in [1.807, 2.05) is 27.7 Å². The molecule has 0 unspecified atom stereocenters. The van der Waals surface area contributed by atoms with Gasteiger partial charge in [0.15, 0.2) is 11.5 Å². The monoisotopic (exact) mass is 363 g/mol. The number of ether oxygens (including phenoxy) is 2. The van der Waals surface area contributed by atoms with Gasteiger partial charge in [0.2, 0.25) is 0 Å². The number of rotatable bonds is 3. The van der Waals surface area contributed by atoms with E-state index in [-0.39, 0.29) is 17.5 Å². The number of nitrogens with zero attached hydrogens (tertiary/aromatic N) is 2. The van der Waals surface area contributed by atoms with Crippen LogP contribution in [0.2, 0.25) is 0 Å². The zero-order chi connectivity index (χ0) is 19.5. The Bertz CT molecular complexity index is 674. The molecule has 1 aliphatic rings. The quantitative estimate of drug-likeness (QED) is 0.894. The number of amides is 3. The van der Waals surface area contributed by atoms with Crippen molar-refractivity contribution >= 4 is 11.9 Å². The maximum Gasteiger partial charge on any atom is 0.317 e. The highest BCUT2D eigenvalue weighted by atomic mass is 16.5. The predicted molar refractivity (Wildman–Crippen MR) is 100 cm³/mol. The first-order chi connectivity index (χ1) is 12.2.